The molecule has 0 aromatic rings. The van der Waals surface area contributed by atoms with Gasteiger partial charge in [-0.05, 0) is 20.8 Å². The van der Waals surface area contributed by atoms with Gasteiger partial charge in [-0.2, -0.15) is 0 Å². The lowest BCUT2D eigenvalue weighted by atomic mass is 10.2. The van der Waals surface area contributed by atoms with Crippen LogP contribution in [0, 0.1) is 0 Å². The van der Waals surface area contributed by atoms with E-state index in [1.54, 1.807) is 20.8 Å². The lowest BCUT2D eigenvalue weighted by Gasteiger charge is -2.19. The Balaban J connectivity index is 3.23. The number of rotatable bonds is 10. The maximum Gasteiger partial charge on any atom is 0.332 e. The van der Waals surface area contributed by atoms with Gasteiger partial charge in [-0.1, -0.05) is 0 Å². The summed E-state index contributed by atoms with van der Waals surface area (Å²) < 4.78 is 31.8. The van der Waals surface area contributed by atoms with Crippen LogP contribution in [-0.4, -0.2) is 57.9 Å². The van der Waals surface area contributed by atoms with Crippen molar-refractivity contribution in [1.29, 1.82) is 0 Å². The second-order valence-electron chi connectivity index (χ2n) is 4.55. The molecule has 0 fully saturated rings. The van der Waals surface area contributed by atoms with E-state index in [1.165, 1.54) is 0 Å². The number of ether oxygens (including phenoxy) is 4. The highest BCUT2D eigenvalue weighted by molar-refractivity contribution is 5.71. The van der Waals surface area contributed by atoms with Gasteiger partial charge in [-0.15, -0.1) is 0 Å². The van der Waals surface area contributed by atoms with Crippen LogP contribution in [0.1, 0.15) is 20.8 Å². The fourth-order valence-corrected chi connectivity index (χ4v) is 1.02. The Kier molecular flexibility index (Phi) is 9.82. The van der Waals surface area contributed by atoms with Crippen LogP contribution in [0.4, 0.5) is 4.39 Å². The first-order valence-electron chi connectivity index (χ1n) is 5.97. The molecule has 0 spiro atoms. The zero-order valence-corrected chi connectivity index (χ0v) is 11.4. The molecule has 0 aromatic heterocycles. The van der Waals surface area contributed by atoms with Crippen LogP contribution in [0.25, 0.3) is 0 Å². The van der Waals surface area contributed by atoms with E-state index in [-0.39, 0.29) is 13.2 Å². The molecule has 0 amide bonds. The SMILES string of the molecule is CC(C)(C)OC(=O)COCCOCCOCCF. The second kappa shape index (κ2) is 10.2. The Morgan fingerprint density at radius 1 is 0.944 bits per heavy atom. The molecule has 0 heterocycles. The highest BCUT2D eigenvalue weighted by Crippen LogP contribution is 2.06. The number of carbonyl (C=O) groups is 1. The van der Waals surface area contributed by atoms with Crippen molar-refractivity contribution in [3.8, 4) is 0 Å². The molecular weight excluding hydrogens is 243 g/mol. The first kappa shape index (κ1) is 17.3. The summed E-state index contributed by atoms with van der Waals surface area (Å²) in [5.74, 6) is -0.395. The van der Waals surface area contributed by atoms with Gasteiger partial charge in [0.2, 0.25) is 0 Å². The van der Waals surface area contributed by atoms with Crippen LogP contribution >= 0.6 is 0 Å². The molecule has 0 aliphatic carbocycles. The van der Waals surface area contributed by atoms with E-state index in [0.29, 0.717) is 26.4 Å². The summed E-state index contributed by atoms with van der Waals surface area (Å²) in [6, 6.07) is 0. The van der Waals surface area contributed by atoms with Crippen molar-refractivity contribution < 1.29 is 28.1 Å². The van der Waals surface area contributed by atoms with Crippen molar-refractivity contribution in [3.05, 3.63) is 0 Å². The average Bonchev–Trinajstić information content (AvgIpc) is 2.24. The third kappa shape index (κ3) is 13.3. The van der Waals surface area contributed by atoms with Crippen molar-refractivity contribution in [1.82, 2.24) is 0 Å². The van der Waals surface area contributed by atoms with Gasteiger partial charge in [-0.25, -0.2) is 9.18 Å². The van der Waals surface area contributed by atoms with Gasteiger partial charge in [-0.3, -0.25) is 0 Å². The zero-order valence-electron chi connectivity index (χ0n) is 11.4. The number of halogens is 1. The minimum Gasteiger partial charge on any atom is -0.458 e. The van der Waals surface area contributed by atoms with Crippen molar-refractivity contribution in [2.45, 2.75) is 26.4 Å². The molecular formula is C12H23FO5. The summed E-state index contributed by atoms with van der Waals surface area (Å²) >= 11 is 0. The maximum absolute atomic E-state index is 11.6. The van der Waals surface area contributed by atoms with Gasteiger partial charge in [0.05, 0.1) is 33.0 Å². The van der Waals surface area contributed by atoms with Gasteiger partial charge < -0.3 is 18.9 Å². The Labute approximate surface area is 108 Å². The molecule has 0 aromatic carbocycles. The number of hydrogen-bond donors (Lipinski definition) is 0. The van der Waals surface area contributed by atoms with E-state index >= 15 is 0 Å². The van der Waals surface area contributed by atoms with E-state index in [2.05, 4.69) is 0 Å². The smallest absolute Gasteiger partial charge is 0.332 e. The van der Waals surface area contributed by atoms with Gasteiger partial charge in [0.25, 0.3) is 0 Å². The zero-order chi connectivity index (χ0) is 13.9. The van der Waals surface area contributed by atoms with Crippen LogP contribution in [0.5, 0.6) is 0 Å². The molecule has 108 valence electrons. The highest BCUT2D eigenvalue weighted by Gasteiger charge is 2.15. The third-order valence-electron chi connectivity index (χ3n) is 1.61. The van der Waals surface area contributed by atoms with Crippen LogP contribution in [0.3, 0.4) is 0 Å². The largest absolute Gasteiger partial charge is 0.458 e. The summed E-state index contributed by atoms with van der Waals surface area (Å²) in [6.07, 6.45) is 0. The molecule has 6 heteroatoms. The van der Waals surface area contributed by atoms with E-state index in [1.807, 2.05) is 0 Å². The number of carbonyl (C=O) groups excluding carboxylic acids is 1. The lowest BCUT2D eigenvalue weighted by molar-refractivity contribution is -0.160. The quantitative estimate of drug-likeness (QED) is 0.441. The molecule has 0 radical (unpaired) electrons. The molecule has 18 heavy (non-hydrogen) atoms. The Morgan fingerprint density at radius 3 is 1.94 bits per heavy atom. The lowest BCUT2D eigenvalue weighted by Crippen LogP contribution is -2.27. The van der Waals surface area contributed by atoms with Crippen LogP contribution in [0.15, 0.2) is 0 Å². The predicted octanol–water partition coefficient (Wildman–Crippen LogP) is 1.35. The minimum absolute atomic E-state index is 0.0843. The predicted molar refractivity (Wildman–Crippen MR) is 64.3 cm³/mol. The highest BCUT2D eigenvalue weighted by atomic mass is 19.1. The number of alkyl halides is 1. The van der Waals surface area contributed by atoms with Crippen LogP contribution in [0.2, 0.25) is 0 Å². The van der Waals surface area contributed by atoms with Crippen molar-refractivity contribution >= 4 is 5.97 Å². The molecule has 0 saturated heterocycles. The first-order valence-corrected chi connectivity index (χ1v) is 5.97. The van der Waals surface area contributed by atoms with Gasteiger partial charge in [0.1, 0.15) is 18.9 Å². The first-order chi connectivity index (χ1) is 8.45. The average molecular weight is 266 g/mol. The topological polar surface area (TPSA) is 54.0 Å². The monoisotopic (exact) mass is 266 g/mol. The van der Waals surface area contributed by atoms with Crippen molar-refractivity contribution in [3.63, 3.8) is 0 Å². The van der Waals surface area contributed by atoms with E-state index in [4.69, 9.17) is 18.9 Å². The molecule has 0 N–H and O–H groups in total. The molecule has 5 nitrogen and oxygen atoms in total. The molecule has 0 atom stereocenters. The normalized spacial score (nSPS) is 11.6. The second-order valence-corrected chi connectivity index (χ2v) is 4.55. The molecule has 0 unspecified atom stereocenters. The summed E-state index contributed by atoms with van der Waals surface area (Å²) in [5, 5.41) is 0. The standard InChI is InChI=1S/C12H23FO5/c1-12(2,3)18-11(14)10-17-9-8-16-7-6-15-5-4-13/h4-10H2,1-3H3. The Hall–Kier alpha value is -0.720. The molecule has 0 bridgehead atoms. The fraction of sp³-hybridized carbons (Fsp3) is 0.917. The molecule has 0 aliphatic heterocycles. The Bertz CT molecular complexity index is 215. The van der Waals surface area contributed by atoms with Crippen molar-refractivity contribution in [2.75, 3.05) is 46.3 Å². The fourth-order valence-electron chi connectivity index (χ4n) is 1.02. The van der Waals surface area contributed by atoms with Crippen LogP contribution in [-0.2, 0) is 23.7 Å². The van der Waals surface area contributed by atoms with Gasteiger partial charge in [0, 0.05) is 0 Å². The number of hydrogen-bond acceptors (Lipinski definition) is 5. The summed E-state index contributed by atoms with van der Waals surface area (Å²) in [6.45, 7) is 6.33. The van der Waals surface area contributed by atoms with E-state index in [9.17, 15) is 9.18 Å². The van der Waals surface area contributed by atoms with Gasteiger partial charge >= 0.3 is 5.97 Å². The summed E-state index contributed by atoms with van der Waals surface area (Å²) in [4.78, 5) is 11.2. The molecule has 0 saturated carbocycles. The van der Waals surface area contributed by atoms with E-state index in [0.717, 1.165) is 0 Å². The molecule has 0 aliphatic rings. The summed E-state index contributed by atoms with van der Waals surface area (Å²) in [7, 11) is 0. The summed E-state index contributed by atoms with van der Waals surface area (Å²) in [5.41, 5.74) is -0.495. The van der Waals surface area contributed by atoms with E-state index < -0.39 is 18.2 Å². The van der Waals surface area contributed by atoms with Crippen LogP contribution < -0.4 is 0 Å². The minimum atomic E-state index is -0.495. The molecule has 0 rings (SSSR count). The van der Waals surface area contributed by atoms with Crippen molar-refractivity contribution in [2.24, 2.45) is 0 Å². The van der Waals surface area contributed by atoms with Gasteiger partial charge in [0.15, 0.2) is 0 Å². The Morgan fingerprint density at radius 2 is 1.44 bits per heavy atom. The maximum atomic E-state index is 11.6. The number of esters is 1. The third-order valence-corrected chi connectivity index (χ3v) is 1.61.